The molecule has 3 nitrogen and oxygen atoms in total. The van der Waals surface area contributed by atoms with Crippen LogP contribution in [0.15, 0.2) is 148 Å². The number of rotatable bonds is 4. The third-order valence-electron chi connectivity index (χ3n) is 12.1. The Hall–Kier alpha value is -6.06. The molecule has 2 aromatic heterocycles. The molecule has 0 fully saturated rings. The zero-order valence-electron chi connectivity index (χ0n) is 33.5. The SMILES string of the molecule is CC(C)(C)c1cc(C(C)(C)C)c2oc3ccc4c(c3c2c1)C(C)(C)c1cccc(N(c2ccc(-c3ccccc3)cc2)c2cccc3oc5ccccc5c23)c1-4. The standard InChI is InChI=1S/C53H47NO2/c1-51(2,3)34-30-38-48-45(56-50(38)40(31-34)52(4,5)6)29-28-37-46-39(53(7,8)49(37)48)19-14-20-41(46)54(35-26-24-33(25-27-35)32-16-10-9-11-17-32)42-21-15-23-44-47(42)36-18-12-13-22-43(36)55-44/h9-31H,1-8H3. The smallest absolute Gasteiger partial charge is 0.139 e. The van der Waals surface area contributed by atoms with E-state index in [2.05, 4.69) is 194 Å². The maximum absolute atomic E-state index is 6.92. The summed E-state index contributed by atoms with van der Waals surface area (Å²) >= 11 is 0. The maximum atomic E-state index is 6.92. The molecule has 3 heteroatoms. The van der Waals surface area contributed by atoms with Crippen LogP contribution in [0.5, 0.6) is 0 Å². The topological polar surface area (TPSA) is 29.5 Å². The van der Waals surface area contributed by atoms with Crippen LogP contribution in [0.2, 0.25) is 0 Å². The molecule has 7 aromatic carbocycles. The minimum absolute atomic E-state index is 0.0176. The van der Waals surface area contributed by atoms with Crippen molar-refractivity contribution in [1.82, 2.24) is 0 Å². The Morgan fingerprint density at radius 3 is 1.93 bits per heavy atom. The zero-order chi connectivity index (χ0) is 38.7. The van der Waals surface area contributed by atoms with E-state index in [4.69, 9.17) is 8.83 Å². The van der Waals surface area contributed by atoms with Crippen LogP contribution < -0.4 is 4.90 Å². The number of hydrogen-bond acceptors (Lipinski definition) is 3. The van der Waals surface area contributed by atoms with Crippen LogP contribution in [0.4, 0.5) is 17.1 Å². The van der Waals surface area contributed by atoms with Crippen molar-refractivity contribution in [3.63, 3.8) is 0 Å². The lowest BCUT2D eigenvalue weighted by molar-refractivity contribution is 0.559. The molecular weight excluding hydrogens is 683 g/mol. The van der Waals surface area contributed by atoms with Crippen molar-refractivity contribution in [2.75, 3.05) is 4.90 Å². The highest BCUT2D eigenvalue weighted by atomic mass is 16.3. The number of nitrogens with zero attached hydrogens (tertiary/aromatic N) is 1. The molecule has 0 N–H and O–H groups in total. The van der Waals surface area contributed by atoms with Crippen LogP contribution in [0, 0.1) is 0 Å². The van der Waals surface area contributed by atoms with Gasteiger partial charge in [-0.05, 0) is 92.7 Å². The number of fused-ring (bicyclic) bond motifs is 10. The van der Waals surface area contributed by atoms with Gasteiger partial charge in [0.25, 0.3) is 0 Å². The van der Waals surface area contributed by atoms with Crippen molar-refractivity contribution in [1.29, 1.82) is 0 Å². The molecule has 56 heavy (non-hydrogen) atoms. The molecule has 0 aliphatic heterocycles. The molecule has 1 aliphatic carbocycles. The number of anilines is 3. The number of benzene rings is 7. The summed E-state index contributed by atoms with van der Waals surface area (Å²) in [6.45, 7) is 18.6. The molecule has 0 unspecified atom stereocenters. The first-order valence-corrected chi connectivity index (χ1v) is 19.9. The second-order valence-electron chi connectivity index (χ2n) is 18.2. The van der Waals surface area contributed by atoms with Crippen LogP contribution in [0.1, 0.15) is 77.6 Å². The molecule has 0 spiro atoms. The van der Waals surface area contributed by atoms with Crippen LogP contribution in [0.3, 0.4) is 0 Å². The Labute approximate surface area is 329 Å². The highest BCUT2D eigenvalue weighted by Crippen LogP contribution is 2.58. The lowest BCUT2D eigenvalue weighted by Gasteiger charge is -2.29. The van der Waals surface area contributed by atoms with E-state index in [1.165, 1.54) is 55.3 Å². The summed E-state index contributed by atoms with van der Waals surface area (Å²) in [6.07, 6.45) is 0. The highest BCUT2D eigenvalue weighted by molar-refractivity contribution is 6.16. The first-order chi connectivity index (χ1) is 26.8. The number of hydrogen-bond donors (Lipinski definition) is 0. The van der Waals surface area contributed by atoms with E-state index in [9.17, 15) is 0 Å². The lowest BCUT2D eigenvalue weighted by atomic mass is 9.77. The first-order valence-electron chi connectivity index (χ1n) is 19.9. The first kappa shape index (κ1) is 34.4. The lowest BCUT2D eigenvalue weighted by Crippen LogP contribution is -2.17. The summed E-state index contributed by atoms with van der Waals surface area (Å²) in [5.41, 5.74) is 16.7. The van der Waals surface area contributed by atoms with Gasteiger partial charge >= 0.3 is 0 Å². The third kappa shape index (κ3) is 5.10. The van der Waals surface area contributed by atoms with Gasteiger partial charge in [0.1, 0.15) is 22.3 Å². The summed E-state index contributed by atoms with van der Waals surface area (Å²) in [5, 5.41) is 4.64. The second kappa shape index (κ2) is 12.0. The summed E-state index contributed by atoms with van der Waals surface area (Å²) in [5.74, 6) is 0. The van der Waals surface area contributed by atoms with Crippen molar-refractivity contribution >= 4 is 60.9 Å². The van der Waals surface area contributed by atoms with Gasteiger partial charge in [0.15, 0.2) is 0 Å². The van der Waals surface area contributed by atoms with E-state index in [1.807, 2.05) is 6.07 Å². The predicted octanol–water partition coefficient (Wildman–Crippen LogP) is 15.5. The number of furan rings is 2. The van der Waals surface area contributed by atoms with Crippen molar-refractivity contribution < 1.29 is 8.83 Å². The van der Waals surface area contributed by atoms with Gasteiger partial charge in [0, 0.05) is 38.4 Å². The fraction of sp³-hybridized carbons (Fsp3) is 0.208. The summed E-state index contributed by atoms with van der Waals surface area (Å²) < 4.78 is 13.4. The Balaban J connectivity index is 1.27. The molecular formula is C53H47NO2. The Morgan fingerprint density at radius 1 is 0.518 bits per heavy atom. The molecule has 0 saturated carbocycles. The van der Waals surface area contributed by atoms with Crippen molar-refractivity contribution in [3.8, 4) is 22.3 Å². The predicted molar refractivity (Wildman–Crippen MR) is 236 cm³/mol. The Bertz CT molecular complexity index is 3000. The molecule has 0 amide bonds. The van der Waals surface area contributed by atoms with Gasteiger partial charge in [-0.25, -0.2) is 0 Å². The fourth-order valence-corrected chi connectivity index (χ4v) is 9.27. The normalized spacial score (nSPS) is 13.9. The average Bonchev–Trinajstić information content (AvgIpc) is 3.82. The van der Waals surface area contributed by atoms with Gasteiger partial charge in [0.2, 0.25) is 0 Å². The minimum atomic E-state index is -0.298. The van der Waals surface area contributed by atoms with E-state index in [0.29, 0.717) is 0 Å². The molecule has 0 atom stereocenters. The highest BCUT2D eigenvalue weighted by Gasteiger charge is 2.41. The van der Waals surface area contributed by atoms with Crippen molar-refractivity contribution in [2.24, 2.45) is 0 Å². The van der Waals surface area contributed by atoms with Gasteiger partial charge in [-0.2, -0.15) is 0 Å². The van der Waals surface area contributed by atoms with Crippen LogP contribution in [-0.4, -0.2) is 0 Å². The fourth-order valence-electron chi connectivity index (χ4n) is 9.27. The summed E-state index contributed by atoms with van der Waals surface area (Å²) in [6, 6.07) is 50.6. The van der Waals surface area contributed by atoms with Gasteiger partial charge in [-0.15, -0.1) is 0 Å². The third-order valence-corrected chi connectivity index (χ3v) is 12.1. The van der Waals surface area contributed by atoms with Crippen LogP contribution in [-0.2, 0) is 16.2 Å². The monoisotopic (exact) mass is 729 g/mol. The van der Waals surface area contributed by atoms with Gasteiger partial charge < -0.3 is 13.7 Å². The molecule has 10 rings (SSSR count). The van der Waals surface area contributed by atoms with E-state index in [-0.39, 0.29) is 16.2 Å². The van der Waals surface area contributed by atoms with Gasteiger partial charge in [0.05, 0.1) is 16.8 Å². The Morgan fingerprint density at radius 2 is 1.18 bits per heavy atom. The zero-order valence-corrected chi connectivity index (χ0v) is 33.5. The van der Waals surface area contributed by atoms with E-state index in [0.717, 1.165) is 50.2 Å². The molecule has 9 aromatic rings. The largest absolute Gasteiger partial charge is 0.456 e. The molecule has 1 aliphatic rings. The minimum Gasteiger partial charge on any atom is -0.456 e. The molecule has 2 heterocycles. The van der Waals surface area contributed by atoms with Gasteiger partial charge in [-0.3, -0.25) is 0 Å². The second-order valence-corrected chi connectivity index (χ2v) is 18.2. The van der Waals surface area contributed by atoms with E-state index in [1.54, 1.807) is 0 Å². The van der Waals surface area contributed by atoms with Crippen LogP contribution >= 0.6 is 0 Å². The van der Waals surface area contributed by atoms with Crippen molar-refractivity contribution in [3.05, 3.63) is 162 Å². The molecule has 0 bridgehead atoms. The summed E-state index contributed by atoms with van der Waals surface area (Å²) in [4.78, 5) is 2.45. The average molecular weight is 730 g/mol. The molecule has 0 saturated heterocycles. The van der Waals surface area contributed by atoms with E-state index < -0.39 is 0 Å². The Kier molecular flexibility index (Phi) is 7.36. The number of para-hydroxylation sites is 1. The molecule has 276 valence electrons. The van der Waals surface area contributed by atoms with Crippen LogP contribution in [0.25, 0.3) is 66.1 Å². The van der Waals surface area contributed by atoms with Gasteiger partial charge in [-0.1, -0.05) is 146 Å². The maximum Gasteiger partial charge on any atom is 0.139 e. The molecule has 0 radical (unpaired) electrons. The summed E-state index contributed by atoms with van der Waals surface area (Å²) in [7, 11) is 0. The van der Waals surface area contributed by atoms with Crippen molar-refractivity contribution in [2.45, 2.75) is 71.6 Å². The van der Waals surface area contributed by atoms with E-state index >= 15 is 0 Å². The quantitative estimate of drug-likeness (QED) is 0.181.